The van der Waals surface area contributed by atoms with Crippen LogP contribution in [-0.2, 0) is 20.7 Å². The van der Waals surface area contributed by atoms with Crippen LogP contribution in [0.4, 0.5) is 16.2 Å². The molecule has 32 heavy (non-hydrogen) atoms. The monoisotopic (exact) mass is 449 g/mol. The van der Waals surface area contributed by atoms with E-state index in [2.05, 4.69) is 10.3 Å². The maximum atomic E-state index is 12.7. The van der Waals surface area contributed by atoms with E-state index < -0.39 is 17.3 Å². The van der Waals surface area contributed by atoms with Gasteiger partial charge in [-0.25, -0.2) is 14.5 Å². The van der Waals surface area contributed by atoms with E-state index in [1.54, 1.807) is 66.9 Å². The van der Waals surface area contributed by atoms with Crippen LogP contribution in [0, 0.1) is 0 Å². The van der Waals surface area contributed by atoms with Gasteiger partial charge in [-0.3, -0.25) is 9.59 Å². The molecule has 1 N–H and O–H groups in total. The summed E-state index contributed by atoms with van der Waals surface area (Å²) >= 11 is 1.32. The average molecular weight is 449 g/mol. The molecule has 2 aliphatic heterocycles. The van der Waals surface area contributed by atoms with Crippen molar-refractivity contribution < 1.29 is 23.9 Å². The first-order chi connectivity index (χ1) is 15.5. The molecule has 4 rings (SSSR count). The van der Waals surface area contributed by atoms with Crippen molar-refractivity contribution in [2.75, 3.05) is 16.8 Å². The summed E-state index contributed by atoms with van der Waals surface area (Å²) in [6, 6.07) is 12.4. The number of imide groups is 1. The first-order valence-corrected chi connectivity index (χ1v) is 10.8. The molecule has 2 aromatic rings. The molecule has 4 amide bonds. The molecule has 162 valence electrons. The Balaban J connectivity index is 1.38. The minimum atomic E-state index is -0.620. The molecular formula is C23H19N3O5S. The van der Waals surface area contributed by atoms with Crippen molar-refractivity contribution in [1.29, 1.82) is 0 Å². The summed E-state index contributed by atoms with van der Waals surface area (Å²) in [5.41, 5.74) is 2.57. The molecule has 2 aliphatic rings. The zero-order valence-corrected chi connectivity index (χ0v) is 17.9. The summed E-state index contributed by atoms with van der Waals surface area (Å²) < 4.78 is 4.93. The highest BCUT2D eigenvalue weighted by atomic mass is 32.2. The number of amides is 4. The Morgan fingerprint density at radius 1 is 1.09 bits per heavy atom. The lowest BCUT2D eigenvalue weighted by Gasteiger charge is -2.26. The molecule has 0 bridgehead atoms. The maximum Gasteiger partial charge on any atom is 0.355 e. The van der Waals surface area contributed by atoms with Gasteiger partial charge < -0.3 is 10.1 Å². The van der Waals surface area contributed by atoms with Gasteiger partial charge in [0.15, 0.2) is 0 Å². The largest absolute Gasteiger partial charge is 0.462 e. The predicted octanol–water partition coefficient (Wildman–Crippen LogP) is 3.58. The molecule has 0 aromatic heterocycles. The number of hydrogen-bond donors (Lipinski definition) is 1. The minimum Gasteiger partial charge on any atom is -0.462 e. The topological polar surface area (TPSA) is 105 Å². The number of thioether (sulfide) groups is 1. The van der Waals surface area contributed by atoms with E-state index in [9.17, 15) is 19.2 Å². The number of benzene rings is 2. The van der Waals surface area contributed by atoms with E-state index in [1.807, 2.05) is 0 Å². The number of carbonyl (C=O) groups is 4. The molecule has 2 heterocycles. The summed E-state index contributed by atoms with van der Waals surface area (Å²) in [4.78, 5) is 54.1. The summed E-state index contributed by atoms with van der Waals surface area (Å²) in [6.07, 6.45) is 1.78. The van der Waals surface area contributed by atoms with Gasteiger partial charge in [-0.05, 0) is 60.4 Å². The summed E-state index contributed by atoms with van der Waals surface area (Å²) in [5.74, 6) is -0.984. The number of fused-ring (bicyclic) bond motifs is 1. The van der Waals surface area contributed by atoms with Gasteiger partial charge >= 0.3 is 12.0 Å². The fourth-order valence-electron chi connectivity index (χ4n) is 3.29. The number of allylic oxidation sites excluding steroid dienone is 1. The van der Waals surface area contributed by atoms with Crippen LogP contribution in [0.25, 0.3) is 0 Å². The molecule has 0 radical (unpaired) electrons. The third kappa shape index (κ3) is 4.47. The Bertz CT molecular complexity index is 1140. The zero-order valence-electron chi connectivity index (χ0n) is 17.1. The number of ether oxygens (including phenoxy) is 1. The number of anilines is 2. The minimum absolute atomic E-state index is 0.104. The number of esters is 1. The zero-order chi connectivity index (χ0) is 22.7. The number of nitrogens with zero attached hydrogens (tertiary/aromatic N) is 2. The number of carbonyl (C=O) groups excluding carboxylic acids is 4. The molecule has 1 unspecified atom stereocenters. The van der Waals surface area contributed by atoms with Crippen LogP contribution >= 0.6 is 11.8 Å². The first kappa shape index (κ1) is 21.5. The van der Waals surface area contributed by atoms with Crippen LogP contribution in [0.15, 0.2) is 65.0 Å². The van der Waals surface area contributed by atoms with E-state index in [0.717, 1.165) is 4.90 Å². The molecule has 0 saturated carbocycles. The van der Waals surface area contributed by atoms with E-state index in [1.165, 1.54) is 11.8 Å². The Morgan fingerprint density at radius 3 is 2.50 bits per heavy atom. The average Bonchev–Trinajstić information content (AvgIpc) is 3.24. The molecule has 9 heteroatoms. The summed E-state index contributed by atoms with van der Waals surface area (Å²) in [5, 5.41) is 4.03. The van der Waals surface area contributed by atoms with Gasteiger partial charge in [0.05, 0.1) is 30.0 Å². The highest BCUT2D eigenvalue weighted by molar-refractivity contribution is 8.04. The molecule has 0 fully saturated rings. The van der Waals surface area contributed by atoms with Crippen LogP contribution in [0.1, 0.15) is 22.8 Å². The second-order valence-corrected chi connectivity index (χ2v) is 8.02. The van der Waals surface area contributed by atoms with Gasteiger partial charge in [-0.15, -0.1) is 11.8 Å². The smallest absolute Gasteiger partial charge is 0.355 e. The number of urea groups is 1. The van der Waals surface area contributed by atoms with Crippen LogP contribution in [-0.4, -0.2) is 41.4 Å². The van der Waals surface area contributed by atoms with Gasteiger partial charge in [0.1, 0.15) is 5.25 Å². The van der Waals surface area contributed by atoms with E-state index in [-0.39, 0.29) is 18.2 Å². The lowest BCUT2D eigenvalue weighted by Crippen LogP contribution is -2.47. The molecule has 8 nitrogen and oxygen atoms in total. The summed E-state index contributed by atoms with van der Waals surface area (Å²) in [7, 11) is 0. The first-order valence-electron chi connectivity index (χ1n) is 9.91. The van der Waals surface area contributed by atoms with Crippen LogP contribution in [0.3, 0.4) is 0 Å². The molecule has 1 atom stereocenters. The third-order valence-electron chi connectivity index (χ3n) is 4.82. The highest BCUT2D eigenvalue weighted by Gasteiger charge is 2.39. The fraction of sp³-hybridized carbons (Fsp3) is 0.174. The fourth-order valence-corrected chi connectivity index (χ4v) is 4.16. The molecular weight excluding hydrogens is 430 g/mol. The van der Waals surface area contributed by atoms with Gasteiger partial charge in [0.25, 0.3) is 5.91 Å². The van der Waals surface area contributed by atoms with Crippen molar-refractivity contribution in [3.05, 3.63) is 71.1 Å². The number of nitrogens with one attached hydrogen (secondary N) is 1. The van der Waals surface area contributed by atoms with Crippen molar-refractivity contribution in [2.24, 2.45) is 4.99 Å². The molecule has 2 aromatic carbocycles. The molecule has 0 saturated heterocycles. The maximum absolute atomic E-state index is 12.7. The number of rotatable bonds is 6. The van der Waals surface area contributed by atoms with Gasteiger partial charge in [-0.1, -0.05) is 12.1 Å². The molecule has 0 spiro atoms. The quantitative estimate of drug-likeness (QED) is 0.676. The number of hydrogen-bond acceptors (Lipinski definition) is 6. The van der Waals surface area contributed by atoms with Crippen molar-refractivity contribution in [1.82, 2.24) is 0 Å². The SMILES string of the molecule is CCOC(=O)c1ccc(NC(=O)Cc2ccc(N3C(=O)N=C4C=CSC4C3=O)cc2)cc1. The summed E-state index contributed by atoms with van der Waals surface area (Å²) in [6.45, 7) is 2.03. The second kappa shape index (κ2) is 9.19. The van der Waals surface area contributed by atoms with Crippen molar-refractivity contribution in [3.63, 3.8) is 0 Å². The van der Waals surface area contributed by atoms with Gasteiger partial charge in [0, 0.05) is 5.69 Å². The van der Waals surface area contributed by atoms with Crippen LogP contribution < -0.4 is 10.2 Å². The van der Waals surface area contributed by atoms with Gasteiger partial charge in [-0.2, -0.15) is 4.99 Å². The second-order valence-electron chi connectivity index (χ2n) is 7.00. The van der Waals surface area contributed by atoms with Crippen molar-refractivity contribution in [2.45, 2.75) is 18.6 Å². The lowest BCUT2D eigenvalue weighted by molar-refractivity contribution is -0.117. The van der Waals surface area contributed by atoms with E-state index >= 15 is 0 Å². The Labute approximate surface area is 188 Å². The predicted molar refractivity (Wildman–Crippen MR) is 122 cm³/mol. The Hall–Kier alpha value is -3.72. The van der Waals surface area contributed by atoms with Gasteiger partial charge in [0.2, 0.25) is 5.91 Å². The van der Waals surface area contributed by atoms with Crippen molar-refractivity contribution in [3.8, 4) is 0 Å². The van der Waals surface area contributed by atoms with Crippen LogP contribution in [0.5, 0.6) is 0 Å². The van der Waals surface area contributed by atoms with E-state index in [4.69, 9.17) is 4.74 Å². The molecule has 0 aliphatic carbocycles. The number of aliphatic imine (C=N–C) groups is 1. The highest BCUT2D eigenvalue weighted by Crippen LogP contribution is 2.30. The van der Waals surface area contributed by atoms with Crippen molar-refractivity contribution >= 4 is 52.7 Å². The van der Waals surface area contributed by atoms with Crippen LogP contribution in [0.2, 0.25) is 0 Å². The van der Waals surface area contributed by atoms with E-state index in [0.29, 0.717) is 34.8 Å². The Kier molecular flexibility index (Phi) is 6.18. The third-order valence-corrected chi connectivity index (χ3v) is 5.83. The normalized spacial score (nSPS) is 17.1. The standard InChI is InChI=1S/C23H19N3O5S/c1-2-31-22(29)15-5-7-16(8-6-15)24-19(27)13-14-3-9-17(10-4-14)26-21(28)20-18(11-12-32-20)25-23(26)30/h3-12,20H,2,13H2,1H3,(H,24,27). The Morgan fingerprint density at radius 2 is 1.81 bits per heavy atom. The lowest BCUT2D eigenvalue weighted by atomic mass is 10.1.